The molecule has 4 nitrogen and oxygen atoms in total. The smallest absolute Gasteiger partial charge is 0.125 e. The first-order valence-corrected chi connectivity index (χ1v) is 7.24. The molecule has 0 aliphatic rings. The van der Waals surface area contributed by atoms with Crippen molar-refractivity contribution in [3.8, 4) is 5.69 Å². The van der Waals surface area contributed by atoms with Crippen LogP contribution in [0.3, 0.4) is 0 Å². The minimum atomic E-state index is -0.402. The van der Waals surface area contributed by atoms with Crippen LogP contribution in [0.5, 0.6) is 0 Å². The second-order valence-corrected chi connectivity index (χ2v) is 6.74. The van der Waals surface area contributed by atoms with Crippen LogP contribution in [0.25, 0.3) is 5.69 Å². The van der Waals surface area contributed by atoms with E-state index in [4.69, 9.17) is 11.6 Å². The molecule has 1 N–H and O–H groups in total. The van der Waals surface area contributed by atoms with Crippen molar-refractivity contribution in [2.45, 2.75) is 32.9 Å². The van der Waals surface area contributed by atoms with Crippen molar-refractivity contribution in [3.05, 3.63) is 39.3 Å². The minimum Gasteiger partial charge on any atom is -0.306 e. The SMILES string of the molecule is CC(C)(C)NCc1cn(-c2c(Cl)cc(F)cc2Br)nn1. The lowest BCUT2D eigenvalue weighted by Gasteiger charge is -2.19. The Morgan fingerprint density at radius 3 is 2.70 bits per heavy atom. The summed E-state index contributed by atoms with van der Waals surface area (Å²) in [5, 5.41) is 11.7. The molecule has 0 aliphatic heterocycles. The number of nitrogens with one attached hydrogen (secondary N) is 1. The van der Waals surface area contributed by atoms with Gasteiger partial charge in [0.2, 0.25) is 0 Å². The average Bonchev–Trinajstić information content (AvgIpc) is 2.72. The van der Waals surface area contributed by atoms with Crippen LogP contribution < -0.4 is 5.32 Å². The number of halogens is 3. The topological polar surface area (TPSA) is 42.7 Å². The van der Waals surface area contributed by atoms with Gasteiger partial charge in [0.15, 0.2) is 0 Å². The molecular weight excluding hydrogens is 347 g/mol. The van der Waals surface area contributed by atoms with Crippen LogP contribution in [0.2, 0.25) is 5.02 Å². The quantitative estimate of drug-likeness (QED) is 0.906. The molecule has 0 aliphatic carbocycles. The Bertz CT molecular complexity index is 598. The van der Waals surface area contributed by atoms with E-state index in [-0.39, 0.29) is 10.6 Å². The Labute approximate surface area is 130 Å². The zero-order valence-electron chi connectivity index (χ0n) is 11.4. The van der Waals surface area contributed by atoms with Crippen molar-refractivity contribution in [1.82, 2.24) is 20.3 Å². The molecule has 0 spiro atoms. The molecule has 0 fully saturated rings. The molecule has 108 valence electrons. The molecule has 20 heavy (non-hydrogen) atoms. The van der Waals surface area contributed by atoms with Crippen molar-refractivity contribution in [2.24, 2.45) is 0 Å². The number of benzene rings is 1. The summed E-state index contributed by atoms with van der Waals surface area (Å²) < 4.78 is 15.3. The third-order valence-electron chi connectivity index (χ3n) is 2.55. The van der Waals surface area contributed by atoms with E-state index >= 15 is 0 Å². The van der Waals surface area contributed by atoms with Gasteiger partial charge in [0.05, 0.1) is 22.6 Å². The van der Waals surface area contributed by atoms with Crippen LogP contribution in [-0.4, -0.2) is 20.5 Å². The maximum Gasteiger partial charge on any atom is 0.125 e. The average molecular weight is 362 g/mol. The predicted molar refractivity (Wildman–Crippen MR) is 80.6 cm³/mol. The van der Waals surface area contributed by atoms with Crippen LogP contribution in [0.15, 0.2) is 22.8 Å². The third kappa shape index (κ3) is 3.77. The van der Waals surface area contributed by atoms with Crippen molar-refractivity contribution in [1.29, 1.82) is 0 Å². The molecule has 0 bridgehead atoms. The third-order valence-corrected chi connectivity index (χ3v) is 3.44. The van der Waals surface area contributed by atoms with Gasteiger partial charge < -0.3 is 5.32 Å². The second-order valence-electron chi connectivity index (χ2n) is 5.48. The van der Waals surface area contributed by atoms with Gasteiger partial charge in [-0.05, 0) is 48.8 Å². The lowest BCUT2D eigenvalue weighted by molar-refractivity contribution is 0.421. The second kappa shape index (κ2) is 5.79. The molecule has 0 amide bonds. The lowest BCUT2D eigenvalue weighted by Crippen LogP contribution is -2.35. The van der Waals surface area contributed by atoms with Crippen LogP contribution in [0.4, 0.5) is 4.39 Å². The van der Waals surface area contributed by atoms with E-state index in [1.165, 1.54) is 16.8 Å². The fraction of sp³-hybridized carbons (Fsp3) is 0.385. The summed E-state index contributed by atoms with van der Waals surface area (Å²) in [7, 11) is 0. The zero-order chi connectivity index (χ0) is 14.9. The van der Waals surface area contributed by atoms with Gasteiger partial charge in [0, 0.05) is 16.6 Å². The van der Waals surface area contributed by atoms with Gasteiger partial charge in [-0.15, -0.1) is 5.10 Å². The molecule has 2 aromatic rings. The highest BCUT2D eigenvalue weighted by Gasteiger charge is 2.14. The van der Waals surface area contributed by atoms with E-state index in [0.717, 1.165) is 5.69 Å². The molecule has 1 aromatic carbocycles. The maximum atomic E-state index is 13.2. The van der Waals surface area contributed by atoms with E-state index in [1.54, 1.807) is 6.20 Å². The number of nitrogens with zero attached hydrogens (tertiary/aromatic N) is 3. The summed E-state index contributed by atoms with van der Waals surface area (Å²) in [4.78, 5) is 0. The first-order chi connectivity index (χ1) is 9.26. The number of hydrogen-bond donors (Lipinski definition) is 1. The molecule has 0 radical (unpaired) electrons. The first kappa shape index (κ1) is 15.4. The van der Waals surface area contributed by atoms with E-state index in [2.05, 4.69) is 52.3 Å². The van der Waals surface area contributed by atoms with Gasteiger partial charge in [-0.25, -0.2) is 9.07 Å². The fourth-order valence-corrected chi connectivity index (χ4v) is 2.62. The molecule has 2 rings (SSSR count). The molecular formula is C13H15BrClFN4. The van der Waals surface area contributed by atoms with Crippen LogP contribution in [-0.2, 0) is 6.54 Å². The van der Waals surface area contributed by atoms with E-state index in [9.17, 15) is 4.39 Å². The summed E-state index contributed by atoms with van der Waals surface area (Å²) in [5.74, 6) is -0.402. The van der Waals surface area contributed by atoms with Crippen molar-refractivity contribution in [2.75, 3.05) is 0 Å². The number of rotatable bonds is 3. The standard InChI is InChI=1S/C13H15BrClFN4/c1-13(2,3)17-6-9-7-20(19-18-9)12-10(14)4-8(16)5-11(12)15/h4-5,7,17H,6H2,1-3H3. The Hall–Kier alpha value is -0.980. The molecule has 7 heteroatoms. The summed E-state index contributed by atoms with van der Waals surface area (Å²) in [6.07, 6.45) is 1.77. The zero-order valence-corrected chi connectivity index (χ0v) is 13.8. The predicted octanol–water partition coefficient (Wildman–Crippen LogP) is 3.71. The van der Waals surface area contributed by atoms with Gasteiger partial charge in [0.1, 0.15) is 5.82 Å². The highest BCUT2D eigenvalue weighted by atomic mass is 79.9. The Morgan fingerprint density at radius 2 is 2.10 bits per heavy atom. The number of hydrogen-bond acceptors (Lipinski definition) is 3. The van der Waals surface area contributed by atoms with Gasteiger partial charge in [-0.2, -0.15) is 0 Å². The number of aromatic nitrogens is 3. The van der Waals surface area contributed by atoms with Crippen molar-refractivity contribution < 1.29 is 4.39 Å². The highest BCUT2D eigenvalue weighted by molar-refractivity contribution is 9.10. The van der Waals surface area contributed by atoms with Gasteiger partial charge in [0.25, 0.3) is 0 Å². The molecule has 0 saturated heterocycles. The fourth-order valence-electron chi connectivity index (χ4n) is 1.60. The Kier molecular flexibility index (Phi) is 4.46. The van der Waals surface area contributed by atoms with E-state index in [0.29, 0.717) is 16.7 Å². The van der Waals surface area contributed by atoms with Crippen LogP contribution in [0.1, 0.15) is 26.5 Å². The minimum absolute atomic E-state index is 0.00210. The Balaban J connectivity index is 2.25. The van der Waals surface area contributed by atoms with E-state index < -0.39 is 5.82 Å². The lowest BCUT2D eigenvalue weighted by atomic mass is 10.1. The summed E-state index contributed by atoms with van der Waals surface area (Å²) in [5.41, 5.74) is 1.35. The summed E-state index contributed by atoms with van der Waals surface area (Å²) in [6.45, 7) is 6.82. The molecule has 0 atom stereocenters. The van der Waals surface area contributed by atoms with Gasteiger partial charge >= 0.3 is 0 Å². The summed E-state index contributed by atoms with van der Waals surface area (Å²) in [6, 6.07) is 2.59. The Morgan fingerprint density at radius 1 is 1.40 bits per heavy atom. The van der Waals surface area contributed by atoms with Crippen molar-refractivity contribution >= 4 is 27.5 Å². The van der Waals surface area contributed by atoms with Crippen LogP contribution >= 0.6 is 27.5 Å². The van der Waals surface area contributed by atoms with Gasteiger partial charge in [-0.1, -0.05) is 16.8 Å². The largest absolute Gasteiger partial charge is 0.306 e. The van der Waals surface area contributed by atoms with E-state index in [1.807, 2.05) is 0 Å². The molecule has 1 aromatic heterocycles. The summed E-state index contributed by atoms with van der Waals surface area (Å²) >= 11 is 9.34. The monoisotopic (exact) mass is 360 g/mol. The van der Waals surface area contributed by atoms with Crippen molar-refractivity contribution in [3.63, 3.8) is 0 Å². The van der Waals surface area contributed by atoms with Crippen LogP contribution in [0, 0.1) is 5.82 Å². The highest BCUT2D eigenvalue weighted by Crippen LogP contribution is 2.29. The van der Waals surface area contributed by atoms with Gasteiger partial charge in [-0.3, -0.25) is 0 Å². The maximum absolute atomic E-state index is 13.2. The normalized spacial score (nSPS) is 11.9. The molecule has 1 heterocycles. The first-order valence-electron chi connectivity index (χ1n) is 6.07. The molecule has 0 saturated carbocycles. The molecule has 0 unspecified atom stereocenters.